The van der Waals surface area contributed by atoms with E-state index in [1.165, 1.54) is 6.33 Å². The van der Waals surface area contributed by atoms with Gasteiger partial charge in [0, 0.05) is 12.4 Å². The molecule has 0 fully saturated rings. The second kappa shape index (κ2) is 7.02. The van der Waals surface area contributed by atoms with E-state index in [2.05, 4.69) is 26.6 Å². The summed E-state index contributed by atoms with van der Waals surface area (Å²) < 4.78 is 11.1. The molecule has 0 saturated carbocycles. The van der Waals surface area contributed by atoms with Crippen LogP contribution in [0.3, 0.4) is 0 Å². The van der Waals surface area contributed by atoms with Gasteiger partial charge in [0.15, 0.2) is 11.6 Å². The van der Waals surface area contributed by atoms with Gasteiger partial charge in [-0.2, -0.15) is 5.10 Å². The minimum Gasteiger partial charge on any atom is -0.494 e. The van der Waals surface area contributed by atoms with Gasteiger partial charge in [0.25, 0.3) is 0 Å². The summed E-state index contributed by atoms with van der Waals surface area (Å²) in [4.78, 5) is 13.1. The third kappa shape index (κ3) is 3.19. The number of imidazole rings is 1. The highest BCUT2D eigenvalue weighted by atomic mass is 16.5. The Morgan fingerprint density at radius 1 is 1.22 bits per heavy atom. The van der Waals surface area contributed by atoms with Gasteiger partial charge in [-0.05, 0) is 26.0 Å². The molecule has 1 aromatic carbocycles. The first-order chi connectivity index (χ1) is 13.2. The van der Waals surface area contributed by atoms with E-state index in [1.54, 1.807) is 24.3 Å². The molecule has 0 aliphatic heterocycles. The number of hydrogen-bond donors (Lipinski definition) is 0. The lowest BCUT2D eigenvalue weighted by molar-refractivity contribution is 0.410. The molecule has 4 rings (SSSR count). The molecular weight excluding hydrogens is 344 g/mol. The van der Waals surface area contributed by atoms with Crippen LogP contribution >= 0.6 is 0 Å². The van der Waals surface area contributed by atoms with E-state index in [4.69, 9.17) is 14.8 Å². The molecule has 0 aliphatic carbocycles. The van der Waals surface area contributed by atoms with Gasteiger partial charge in [0.05, 0.1) is 13.2 Å². The minimum atomic E-state index is -0.0607. The zero-order valence-electron chi connectivity index (χ0n) is 15.4. The van der Waals surface area contributed by atoms with Gasteiger partial charge in [-0.3, -0.25) is 0 Å². The molecule has 0 amide bonds. The summed E-state index contributed by atoms with van der Waals surface area (Å²) in [6.45, 7) is 4.48. The fourth-order valence-corrected chi connectivity index (χ4v) is 3.07. The second-order valence-electron chi connectivity index (χ2n) is 6.12. The number of ether oxygens (including phenoxy) is 1. The van der Waals surface area contributed by atoms with Crippen molar-refractivity contribution in [3.05, 3.63) is 66.8 Å². The number of methoxy groups -OCH3 is 1. The minimum absolute atomic E-state index is 0.0607. The van der Waals surface area contributed by atoms with Crippen molar-refractivity contribution in [3.63, 3.8) is 0 Å². The van der Waals surface area contributed by atoms with Crippen LogP contribution in [0.5, 0.6) is 5.75 Å². The molecule has 9 nitrogen and oxygen atoms in total. The van der Waals surface area contributed by atoms with Crippen LogP contribution in [0.1, 0.15) is 30.4 Å². The number of aromatic nitrogens is 8. The van der Waals surface area contributed by atoms with Crippen LogP contribution in [0.25, 0.3) is 5.69 Å². The van der Waals surface area contributed by atoms with Gasteiger partial charge >= 0.3 is 0 Å². The largest absolute Gasteiger partial charge is 0.494 e. The molecule has 0 radical (unpaired) electrons. The average Bonchev–Trinajstić information content (AvgIpc) is 3.43. The summed E-state index contributed by atoms with van der Waals surface area (Å²) in [5.41, 5.74) is 0.831. The van der Waals surface area contributed by atoms with Crippen molar-refractivity contribution in [2.24, 2.45) is 0 Å². The zero-order chi connectivity index (χ0) is 18.8. The Hall–Kier alpha value is -3.49. The third-order valence-electron chi connectivity index (χ3n) is 4.41. The van der Waals surface area contributed by atoms with Gasteiger partial charge in [0.2, 0.25) is 0 Å². The van der Waals surface area contributed by atoms with Gasteiger partial charge in [0.1, 0.15) is 36.5 Å². The topological polar surface area (TPSA) is 88.5 Å². The summed E-state index contributed by atoms with van der Waals surface area (Å²) in [5, 5.41) is 8.87. The molecule has 3 heterocycles. The van der Waals surface area contributed by atoms with Crippen LogP contribution in [-0.4, -0.2) is 46.2 Å². The van der Waals surface area contributed by atoms with Crippen LogP contribution in [0.2, 0.25) is 0 Å². The maximum Gasteiger partial charge on any atom is 0.172 e. The molecular formula is C18H20N8O. The fraction of sp³-hybridized carbons (Fsp3) is 0.278. The predicted octanol–water partition coefficient (Wildman–Crippen LogP) is 2.03. The molecule has 27 heavy (non-hydrogen) atoms. The van der Waals surface area contributed by atoms with Crippen LogP contribution in [0, 0.1) is 6.92 Å². The Balaban J connectivity index is 1.82. The molecule has 4 aromatic rings. The van der Waals surface area contributed by atoms with Crippen LogP contribution in [0.15, 0.2) is 49.3 Å². The van der Waals surface area contributed by atoms with Gasteiger partial charge in [-0.1, -0.05) is 12.1 Å². The second-order valence-corrected chi connectivity index (χ2v) is 6.12. The van der Waals surface area contributed by atoms with E-state index in [1.807, 2.05) is 42.1 Å². The van der Waals surface area contributed by atoms with Crippen molar-refractivity contribution < 1.29 is 4.74 Å². The molecule has 0 bridgehead atoms. The molecule has 1 atom stereocenters. The SMILES string of the molecule is COc1ccccc1-n1nc(Cn2cncn2)nc1[C@H](C)n1ccnc1C. The van der Waals surface area contributed by atoms with Gasteiger partial charge in [-0.15, -0.1) is 5.10 Å². The molecule has 0 aliphatic rings. The molecule has 3 aromatic heterocycles. The Bertz CT molecular complexity index is 1030. The number of para-hydroxylation sites is 2. The maximum absolute atomic E-state index is 5.53. The molecule has 0 unspecified atom stereocenters. The molecule has 9 heteroatoms. The lowest BCUT2D eigenvalue weighted by Crippen LogP contribution is -2.14. The maximum atomic E-state index is 5.53. The van der Waals surface area contributed by atoms with Crippen molar-refractivity contribution in [1.29, 1.82) is 0 Å². The number of benzene rings is 1. The normalized spacial score (nSPS) is 12.3. The third-order valence-corrected chi connectivity index (χ3v) is 4.41. The van der Waals surface area contributed by atoms with E-state index in [-0.39, 0.29) is 6.04 Å². The number of aryl methyl sites for hydroxylation is 1. The van der Waals surface area contributed by atoms with Crippen LogP contribution in [0.4, 0.5) is 0 Å². The monoisotopic (exact) mass is 364 g/mol. The summed E-state index contributed by atoms with van der Waals surface area (Å²) in [6.07, 6.45) is 6.87. The quantitative estimate of drug-likeness (QED) is 0.520. The van der Waals surface area contributed by atoms with Crippen molar-refractivity contribution in [2.45, 2.75) is 26.4 Å². The van der Waals surface area contributed by atoms with Gasteiger partial charge < -0.3 is 9.30 Å². The molecule has 0 saturated heterocycles. The lowest BCUT2D eigenvalue weighted by atomic mass is 10.2. The van der Waals surface area contributed by atoms with E-state index >= 15 is 0 Å². The average molecular weight is 364 g/mol. The summed E-state index contributed by atoms with van der Waals surface area (Å²) in [5.74, 6) is 3.07. The first-order valence-electron chi connectivity index (χ1n) is 8.58. The van der Waals surface area contributed by atoms with E-state index < -0.39 is 0 Å². The fourth-order valence-electron chi connectivity index (χ4n) is 3.07. The highest BCUT2D eigenvalue weighted by Gasteiger charge is 2.22. The summed E-state index contributed by atoms with van der Waals surface area (Å²) in [7, 11) is 1.65. The summed E-state index contributed by atoms with van der Waals surface area (Å²) >= 11 is 0. The number of nitrogens with zero attached hydrogens (tertiary/aromatic N) is 8. The predicted molar refractivity (Wildman–Crippen MR) is 97.8 cm³/mol. The van der Waals surface area contributed by atoms with Crippen molar-refractivity contribution in [3.8, 4) is 11.4 Å². The van der Waals surface area contributed by atoms with Gasteiger partial charge in [-0.25, -0.2) is 24.3 Å². The van der Waals surface area contributed by atoms with Crippen molar-refractivity contribution in [1.82, 2.24) is 39.1 Å². The molecule has 138 valence electrons. The number of hydrogen-bond acceptors (Lipinski definition) is 6. The smallest absolute Gasteiger partial charge is 0.172 e. The lowest BCUT2D eigenvalue weighted by Gasteiger charge is -2.16. The molecule has 0 N–H and O–H groups in total. The zero-order valence-corrected chi connectivity index (χ0v) is 15.4. The molecule has 0 spiro atoms. The van der Waals surface area contributed by atoms with Crippen molar-refractivity contribution in [2.75, 3.05) is 7.11 Å². The van der Waals surface area contributed by atoms with Crippen molar-refractivity contribution >= 4 is 0 Å². The van der Waals surface area contributed by atoms with E-state index in [9.17, 15) is 0 Å². The first kappa shape index (κ1) is 17.0. The summed E-state index contributed by atoms with van der Waals surface area (Å²) in [6, 6.07) is 7.69. The van der Waals surface area contributed by atoms with Crippen LogP contribution in [-0.2, 0) is 6.54 Å². The van der Waals surface area contributed by atoms with E-state index in [0.717, 1.165) is 23.1 Å². The Morgan fingerprint density at radius 2 is 2.07 bits per heavy atom. The standard InChI is InChI=1S/C18H20N8O/c1-13(25-9-8-20-14(25)2)18-22-17(10-24-12-19-11-21-24)23-26(18)15-6-4-5-7-16(15)27-3/h4-9,11-13H,10H2,1-3H3/t13-/m0/s1. The first-order valence-corrected chi connectivity index (χ1v) is 8.58. The Kier molecular flexibility index (Phi) is 4.41. The van der Waals surface area contributed by atoms with E-state index in [0.29, 0.717) is 12.4 Å². The number of rotatable bonds is 6. The van der Waals surface area contributed by atoms with Crippen LogP contribution < -0.4 is 4.74 Å². The highest BCUT2D eigenvalue weighted by molar-refractivity contribution is 5.46. The Labute approximate surface area is 156 Å². The highest BCUT2D eigenvalue weighted by Crippen LogP contribution is 2.26. The Morgan fingerprint density at radius 3 is 2.78 bits per heavy atom.